The van der Waals surface area contributed by atoms with Gasteiger partial charge >= 0.3 is 0 Å². The van der Waals surface area contributed by atoms with E-state index in [0.717, 1.165) is 10.0 Å². The molecule has 5 nitrogen and oxygen atoms in total. The van der Waals surface area contributed by atoms with E-state index in [-0.39, 0.29) is 12.2 Å². The Balaban J connectivity index is 2.22. The minimum atomic E-state index is -0.0198. The van der Waals surface area contributed by atoms with Crippen molar-refractivity contribution < 1.29 is 4.79 Å². The molecule has 0 unspecified atom stereocenters. The highest BCUT2D eigenvalue weighted by Crippen LogP contribution is 2.19. The van der Waals surface area contributed by atoms with Gasteiger partial charge in [0.15, 0.2) is 11.6 Å². The second-order valence-electron chi connectivity index (χ2n) is 3.78. The highest BCUT2D eigenvalue weighted by atomic mass is 79.9. The van der Waals surface area contributed by atoms with E-state index in [1.165, 1.54) is 4.80 Å². The molecule has 0 bridgehead atoms. The molecule has 1 aromatic carbocycles. The van der Waals surface area contributed by atoms with Crippen molar-refractivity contribution in [2.75, 3.05) is 0 Å². The molecular weight excluding hydrogens is 284 g/mol. The maximum absolute atomic E-state index is 12.0. The number of Topliss-reactive ketones (excluding diaryl/α,β-unsaturated/α-hetero) is 1. The lowest BCUT2D eigenvalue weighted by atomic mass is 10.1. The van der Waals surface area contributed by atoms with Crippen LogP contribution in [0.25, 0.3) is 0 Å². The number of hydrogen-bond acceptors (Lipinski definition) is 4. The SMILES string of the molecule is Cc1ccc(Br)c(C(=O)Cc2nnn(C)n2)c1. The molecule has 0 aliphatic carbocycles. The summed E-state index contributed by atoms with van der Waals surface area (Å²) in [5.74, 6) is 0.416. The second kappa shape index (κ2) is 4.75. The van der Waals surface area contributed by atoms with Gasteiger partial charge in [0.2, 0.25) is 0 Å². The Labute approximate surface area is 107 Å². The van der Waals surface area contributed by atoms with Crippen LogP contribution in [0.3, 0.4) is 0 Å². The molecule has 2 rings (SSSR count). The Morgan fingerprint density at radius 1 is 1.47 bits per heavy atom. The van der Waals surface area contributed by atoms with Gasteiger partial charge in [-0.3, -0.25) is 4.79 Å². The van der Waals surface area contributed by atoms with Crippen molar-refractivity contribution in [3.63, 3.8) is 0 Å². The van der Waals surface area contributed by atoms with Gasteiger partial charge in [-0.1, -0.05) is 27.6 Å². The fourth-order valence-electron chi connectivity index (χ4n) is 1.49. The third-order valence-corrected chi connectivity index (χ3v) is 2.98. The molecule has 0 aliphatic heterocycles. The summed E-state index contributed by atoms with van der Waals surface area (Å²) in [6.07, 6.45) is 0.163. The molecule has 17 heavy (non-hydrogen) atoms. The van der Waals surface area contributed by atoms with Crippen molar-refractivity contribution in [3.8, 4) is 0 Å². The van der Waals surface area contributed by atoms with Crippen LogP contribution in [0, 0.1) is 6.92 Å². The van der Waals surface area contributed by atoms with E-state index in [4.69, 9.17) is 0 Å². The van der Waals surface area contributed by atoms with Crippen LogP contribution in [-0.4, -0.2) is 26.0 Å². The molecule has 0 saturated heterocycles. The van der Waals surface area contributed by atoms with E-state index in [0.29, 0.717) is 11.4 Å². The third-order valence-electron chi connectivity index (χ3n) is 2.29. The minimum absolute atomic E-state index is 0.0198. The average molecular weight is 295 g/mol. The van der Waals surface area contributed by atoms with Gasteiger partial charge in [0.1, 0.15) is 0 Å². The third kappa shape index (κ3) is 2.76. The van der Waals surface area contributed by atoms with Crippen molar-refractivity contribution >= 4 is 21.7 Å². The Bertz CT molecular complexity index is 564. The van der Waals surface area contributed by atoms with Crippen LogP contribution in [0.5, 0.6) is 0 Å². The van der Waals surface area contributed by atoms with Crippen molar-refractivity contribution in [3.05, 3.63) is 39.6 Å². The summed E-state index contributed by atoms with van der Waals surface area (Å²) in [4.78, 5) is 13.4. The molecule has 1 aromatic heterocycles. The van der Waals surface area contributed by atoms with E-state index in [1.54, 1.807) is 7.05 Å². The number of tetrazole rings is 1. The lowest BCUT2D eigenvalue weighted by Crippen LogP contribution is -2.06. The Kier molecular flexibility index (Phi) is 3.33. The molecular formula is C11H11BrN4O. The molecule has 0 aliphatic rings. The maximum Gasteiger partial charge on any atom is 0.182 e. The van der Waals surface area contributed by atoms with Crippen LogP contribution in [0.15, 0.2) is 22.7 Å². The number of aromatic nitrogens is 4. The number of halogens is 1. The van der Waals surface area contributed by atoms with Crippen LogP contribution >= 0.6 is 15.9 Å². The Morgan fingerprint density at radius 2 is 2.24 bits per heavy atom. The van der Waals surface area contributed by atoms with Gasteiger partial charge in [-0.25, -0.2) is 0 Å². The topological polar surface area (TPSA) is 60.7 Å². The first kappa shape index (κ1) is 11.9. The van der Waals surface area contributed by atoms with Crippen LogP contribution in [-0.2, 0) is 13.5 Å². The van der Waals surface area contributed by atoms with Gasteiger partial charge in [-0.15, -0.1) is 10.2 Å². The largest absolute Gasteiger partial charge is 0.294 e. The smallest absolute Gasteiger partial charge is 0.182 e. The first-order valence-electron chi connectivity index (χ1n) is 5.08. The summed E-state index contributed by atoms with van der Waals surface area (Å²) in [7, 11) is 1.67. The summed E-state index contributed by atoms with van der Waals surface area (Å²) >= 11 is 3.37. The monoisotopic (exact) mass is 294 g/mol. The number of benzene rings is 1. The summed E-state index contributed by atoms with van der Waals surface area (Å²) in [5, 5.41) is 11.5. The predicted octanol–water partition coefficient (Wildman–Crippen LogP) is 1.71. The van der Waals surface area contributed by atoms with Crippen molar-refractivity contribution in [2.45, 2.75) is 13.3 Å². The van der Waals surface area contributed by atoms with Crippen LogP contribution < -0.4 is 0 Å². The number of rotatable bonds is 3. The molecule has 0 amide bonds. The lowest BCUT2D eigenvalue weighted by molar-refractivity contribution is 0.0990. The second-order valence-corrected chi connectivity index (χ2v) is 4.63. The highest BCUT2D eigenvalue weighted by Gasteiger charge is 2.13. The lowest BCUT2D eigenvalue weighted by Gasteiger charge is -2.03. The average Bonchev–Trinajstić information content (AvgIpc) is 2.67. The molecule has 0 N–H and O–H groups in total. The summed E-state index contributed by atoms with van der Waals surface area (Å²) in [6, 6.07) is 5.66. The van der Waals surface area contributed by atoms with Gasteiger partial charge in [-0.05, 0) is 24.3 Å². The van der Waals surface area contributed by atoms with Crippen LogP contribution in [0.2, 0.25) is 0 Å². The molecule has 0 atom stereocenters. The van der Waals surface area contributed by atoms with E-state index in [1.807, 2.05) is 25.1 Å². The molecule has 0 fully saturated rings. The summed E-state index contributed by atoms with van der Waals surface area (Å²) in [5.41, 5.74) is 1.70. The van der Waals surface area contributed by atoms with E-state index < -0.39 is 0 Å². The van der Waals surface area contributed by atoms with Gasteiger partial charge < -0.3 is 0 Å². The number of aryl methyl sites for hydroxylation is 2. The van der Waals surface area contributed by atoms with Crippen LogP contribution in [0.4, 0.5) is 0 Å². The first-order valence-corrected chi connectivity index (χ1v) is 5.88. The molecule has 0 saturated carbocycles. The van der Waals surface area contributed by atoms with Crippen molar-refractivity contribution in [2.24, 2.45) is 7.05 Å². The van der Waals surface area contributed by atoms with Gasteiger partial charge in [0.25, 0.3) is 0 Å². The van der Waals surface area contributed by atoms with E-state index in [2.05, 4.69) is 31.3 Å². The van der Waals surface area contributed by atoms with Gasteiger partial charge in [-0.2, -0.15) is 4.80 Å². The molecule has 88 valence electrons. The standard InChI is InChI=1S/C11H11BrN4O/c1-7-3-4-9(12)8(5-7)10(17)6-11-13-15-16(2)14-11/h3-5H,6H2,1-2H3. The molecule has 1 heterocycles. The molecule has 2 aromatic rings. The molecule has 6 heteroatoms. The summed E-state index contributed by atoms with van der Waals surface area (Å²) < 4.78 is 0.789. The normalized spacial score (nSPS) is 10.5. The maximum atomic E-state index is 12.0. The Hall–Kier alpha value is -1.56. The predicted molar refractivity (Wildman–Crippen MR) is 65.7 cm³/mol. The molecule has 0 radical (unpaired) electrons. The number of ketones is 1. The van der Waals surface area contributed by atoms with Gasteiger partial charge in [0.05, 0.1) is 13.5 Å². The number of nitrogens with zero attached hydrogens (tertiary/aromatic N) is 4. The zero-order valence-corrected chi connectivity index (χ0v) is 11.1. The van der Waals surface area contributed by atoms with Gasteiger partial charge in [0, 0.05) is 10.0 Å². The zero-order valence-electron chi connectivity index (χ0n) is 9.51. The molecule has 0 spiro atoms. The number of hydrogen-bond donors (Lipinski definition) is 0. The fourth-order valence-corrected chi connectivity index (χ4v) is 1.95. The Morgan fingerprint density at radius 3 is 2.88 bits per heavy atom. The summed E-state index contributed by atoms with van der Waals surface area (Å²) in [6.45, 7) is 1.95. The number of carbonyl (C=O) groups is 1. The first-order chi connectivity index (χ1) is 8.06. The van der Waals surface area contributed by atoms with E-state index >= 15 is 0 Å². The highest BCUT2D eigenvalue weighted by molar-refractivity contribution is 9.10. The minimum Gasteiger partial charge on any atom is -0.294 e. The fraction of sp³-hybridized carbons (Fsp3) is 0.273. The van der Waals surface area contributed by atoms with E-state index in [9.17, 15) is 4.79 Å². The van der Waals surface area contributed by atoms with Crippen LogP contribution in [0.1, 0.15) is 21.7 Å². The van der Waals surface area contributed by atoms with Crippen molar-refractivity contribution in [1.82, 2.24) is 20.2 Å². The zero-order chi connectivity index (χ0) is 12.4. The van der Waals surface area contributed by atoms with Crippen molar-refractivity contribution in [1.29, 1.82) is 0 Å². The number of carbonyl (C=O) groups excluding carboxylic acids is 1. The quantitative estimate of drug-likeness (QED) is 0.809.